The first-order valence-corrected chi connectivity index (χ1v) is 7.92. The van der Waals surface area contributed by atoms with Gasteiger partial charge in [0.15, 0.2) is 4.34 Å². The zero-order chi connectivity index (χ0) is 14.1. The van der Waals surface area contributed by atoms with Gasteiger partial charge < -0.3 is 10.6 Å². The Labute approximate surface area is 125 Å². The van der Waals surface area contributed by atoms with E-state index in [1.807, 2.05) is 25.1 Å². The van der Waals surface area contributed by atoms with Gasteiger partial charge in [0.1, 0.15) is 11.9 Å². The van der Waals surface area contributed by atoms with Gasteiger partial charge in [-0.25, -0.2) is 4.98 Å². The van der Waals surface area contributed by atoms with Gasteiger partial charge in [-0.1, -0.05) is 24.8 Å². The number of benzene rings is 1. The predicted octanol–water partition coefficient (Wildman–Crippen LogP) is 2.46. The van der Waals surface area contributed by atoms with Gasteiger partial charge in [-0.3, -0.25) is 4.79 Å². The maximum atomic E-state index is 11.8. The molecule has 0 aliphatic carbocycles. The van der Waals surface area contributed by atoms with E-state index in [0.29, 0.717) is 0 Å². The highest BCUT2D eigenvalue weighted by molar-refractivity contribution is 8.01. The second kappa shape index (κ2) is 5.51. The summed E-state index contributed by atoms with van der Waals surface area (Å²) in [4.78, 5) is 17.3. The number of carbonyl (C=O) groups excluding carboxylic acids is 1. The molecule has 1 amide bonds. The van der Waals surface area contributed by atoms with Crippen LogP contribution in [0.25, 0.3) is 0 Å². The van der Waals surface area contributed by atoms with Gasteiger partial charge in [0.2, 0.25) is 5.91 Å². The molecule has 2 aromatic rings. The van der Waals surface area contributed by atoms with Gasteiger partial charge in [0.05, 0.1) is 0 Å². The Balaban J connectivity index is 1.83. The number of fused-ring (bicyclic) bond motifs is 1. The molecule has 5 nitrogen and oxygen atoms in total. The van der Waals surface area contributed by atoms with Crippen molar-refractivity contribution in [2.75, 3.05) is 12.4 Å². The fourth-order valence-corrected chi connectivity index (χ4v) is 3.83. The van der Waals surface area contributed by atoms with E-state index in [4.69, 9.17) is 0 Å². The third-order valence-electron chi connectivity index (χ3n) is 3.12. The van der Waals surface area contributed by atoms with Crippen LogP contribution in [0.3, 0.4) is 0 Å². The molecule has 1 unspecified atom stereocenters. The molecule has 1 aliphatic heterocycles. The van der Waals surface area contributed by atoms with E-state index in [1.165, 1.54) is 11.5 Å². The van der Waals surface area contributed by atoms with E-state index in [1.54, 1.807) is 18.8 Å². The molecule has 1 aliphatic rings. The Morgan fingerprint density at radius 3 is 3.05 bits per heavy atom. The molecule has 2 N–H and O–H groups in total. The zero-order valence-corrected chi connectivity index (χ0v) is 12.8. The predicted molar refractivity (Wildman–Crippen MR) is 80.3 cm³/mol. The van der Waals surface area contributed by atoms with Gasteiger partial charge in [-0.2, -0.15) is 4.37 Å². The van der Waals surface area contributed by atoms with Crippen LogP contribution in [-0.4, -0.2) is 22.3 Å². The minimum atomic E-state index is -0.253. The molecule has 2 heterocycles. The number of likely N-dealkylation sites (N-methyl/N-ethyl adjacent to an activating group) is 1. The van der Waals surface area contributed by atoms with Crippen molar-refractivity contribution in [3.05, 3.63) is 29.6 Å². The fraction of sp³-hybridized carbons (Fsp3) is 0.308. The fourth-order valence-electron chi connectivity index (χ4n) is 2.12. The van der Waals surface area contributed by atoms with E-state index < -0.39 is 0 Å². The molecule has 1 aromatic heterocycles. The molecule has 104 valence electrons. The van der Waals surface area contributed by atoms with Crippen molar-refractivity contribution >= 4 is 34.9 Å². The third-order valence-corrected chi connectivity index (χ3v) is 4.89. The largest absolute Gasteiger partial charge is 0.324 e. The number of nitrogens with zero attached hydrogens (tertiary/aromatic N) is 2. The standard InChI is InChI=1S/C13H14N4OS2/c1-3-10-16-13(20-17-10)19-7-4-5-8-9(6-7)15-12(18)11(8)14-2/h4-6,11,14H,3H2,1-2H3,(H,15,18). The summed E-state index contributed by atoms with van der Waals surface area (Å²) in [5.74, 6) is 0.871. The van der Waals surface area contributed by atoms with Crippen molar-refractivity contribution in [3.63, 3.8) is 0 Å². The van der Waals surface area contributed by atoms with Crippen LogP contribution in [0, 0.1) is 0 Å². The van der Waals surface area contributed by atoms with Gasteiger partial charge in [0.25, 0.3) is 0 Å². The number of hydrogen-bond acceptors (Lipinski definition) is 6. The number of aryl methyl sites for hydroxylation is 1. The third kappa shape index (κ3) is 2.44. The molecule has 0 saturated carbocycles. The van der Waals surface area contributed by atoms with Crippen LogP contribution < -0.4 is 10.6 Å². The lowest BCUT2D eigenvalue weighted by Crippen LogP contribution is -2.23. The first kappa shape index (κ1) is 13.5. The van der Waals surface area contributed by atoms with Crippen molar-refractivity contribution < 1.29 is 4.79 Å². The lowest BCUT2D eigenvalue weighted by Gasteiger charge is -2.06. The van der Waals surface area contributed by atoms with Crippen molar-refractivity contribution in [1.82, 2.24) is 14.7 Å². The van der Waals surface area contributed by atoms with Crippen LogP contribution >= 0.6 is 23.3 Å². The summed E-state index contributed by atoms with van der Waals surface area (Å²) in [6.07, 6.45) is 0.848. The Hall–Kier alpha value is -1.44. The molecule has 0 bridgehead atoms. The lowest BCUT2D eigenvalue weighted by molar-refractivity contribution is -0.117. The molecule has 7 heteroatoms. The van der Waals surface area contributed by atoms with Crippen molar-refractivity contribution in [2.24, 2.45) is 0 Å². The highest BCUT2D eigenvalue weighted by atomic mass is 32.2. The SMILES string of the molecule is CCc1nsc(Sc2ccc3c(c2)NC(=O)C3NC)n1. The summed E-state index contributed by atoms with van der Waals surface area (Å²) >= 11 is 2.98. The van der Waals surface area contributed by atoms with E-state index >= 15 is 0 Å². The Kier molecular flexibility index (Phi) is 3.73. The Bertz CT molecular complexity index is 656. The molecule has 0 saturated heterocycles. The quantitative estimate of drug-likeness (QED) is 0.908. The van der Waals surface area contributed by atoms with E-state index in [9.17, 15) is 4.79 Å². The number of carbonyl (C=O) groups is 1. The Morgan fingerprint density at radius 1 is 1.50 bits per heavy atom. The van der Waals surface area contributed by atoms with Crippen LogP contribution in [0.15, 0.2) is 27.4 Å². The van der Waals surface area contributed by atoms with Crippen LogP contribution in [0.1, 0.15) is 24.4 Å². The highest BCUT2D eigenvalue weighted by Crippen LogP contribution is 2.36. The summed E-state index contributed by atoms with van der Waals surface area (Å²) in [7, 11) is 1.79. The van der Waals surface area contributed by atoms with Crippen LogP contribution in [0.5, 0.6) is 0 Å². The number of anilines is 1. The second-order valence-electron chi connectivity index (χ2n) is 4.39. The molecule has 1 aromatic carbocycles. The average molecular weight is 306 g/mol. The van der Waals surface area contributed by atoms with Crippen molar-refractivity contribution in [3.8, 4) is 0 Å². The number of amides is 1. The number of aromatic nitrogens is 2. The van der Waals surface area contributed by atoms with E-state index in [0.717, 1.165) is 32.7 Å². The maximum absolute atomic E-state index is 11.8. The lowest BCUT2D eigenvalue weighted by atomic mass is 10.1. The molecule has 1 atom stereocenters. The molecule has 3 rings (SSSR count). The van der Waals surface area contributed by atoms with Crippen molar-refractivity contribution in [1.29, 1.82) is 0 Å². The minimum absolute atomic E-state index is 0.00571. The molecule has 0 fully saturated rings. The summed E-state index contributed by atoms with van der Waals surface area (Å²) in [5.41, 5.74) is 1.87. The average Bonchev–Trinajstić information content (AvgIpc) is 3.01. The first-order valence-electron chi connectivity index (χ1n) is 6.33. The molecular weight excluding hydrogens is 292 g/mol. The van der Waals surface area contributed by atoms with Crippen LogP contribution in [0.4, 0.5) is 5.69 Å². The van der Waals surface area contributed by atoms with Crippen LogP contribution in [0.2, 0.25) is 0 Å². The first-order chi connectivity index (χ1) is 9.71. The normalized spacial score (nSPS) is 17.1. The highest BCUT2D eigenvalue weighted by Gasteiger charge is 2.29. The number of rotatable bonds is 4. The Morgan fingerprint density at radius 2 is 2.35 bits per heavy atom. The second-order valence-corrected chi connectivity index (χ2v) is 6.46. The summed E-state index contributed by atoms with van der Waals surface area (Å²) in [6, 6.07) is 5.74. The number of nitrogens with one attached hydrogen (secondary N) is 2. The smallest absolute Gasteiger partial charge is 0.246 e. The molecule has 20 heavy (non-hydrogen) atoms. The van der Waals surface area contributed by atoms with Crippen LogP contribution in [-0.2, 0) is 11.2 Å². The minimum Gasteiger partial charge on any atom is -0.324 e. The van der Waals surface area contributed by atoms with Gasteiger partial charge >= 0.3 is 0 Å². The number of hydrogen-bond donors (Lipinski definition) is 2. The topological polar surface area (TPSA) is 66.9 Å². The maximum Gasteiger partial charge on any atom is 0.246 e. The zero-order valence-electron chi connectivity index (χ0n) is 11.1. The van der Waals surface area contributed by atoms with Gasteiger partial charge in [-0.05, 0) is 30.7 Å². The van der Waals surface area contributed by atoms with Crippen molar-refractivity contribution in [2.45, 2.75) is 28.6 Å². The van der Waals surface area contributed by atoms with E-state index in [-0.39, 0.29) is 11.9 Å². The molecular formula is C13H14N4OS2. The molecule has 0 radical (unpaired) electrons. The summed E-state index contributed by atoms with van der Waals surface area (Å²) in [5, 5.41) is 5.90. The van der Waals surface area contributed by atoms with Gasteiger partial charge in [-0.15, -0.1) is 0 Å². The summed E-state index contributed by atoms with van der Waals surface area (Å²) in [6.45, 7) is 2.04. The van der Waals surface area contributed by atoms with E-state index in [2.05, 4.69) is 20.0 Å². The van der Waals surface area contributed by atoms with Gasteiger partial charge in [0, 0.05) is 22.6 Å². The monoisotopic (exact) mass is 306 g/mol. The summed E-state index contributed by atoms with van der Waals surface area (Å²) < 4.78 is 5.20. The molecule has 0 spiro atoms.